The van der Waals surface area contributed by atoms with Crippen molar-refractivity contribution in [3.05, 3.63) is 63.2 Å². The van der Waals surface area contributed by atoms with Crippen molar-refractivity contribution in [2.24, 2.45) is 0 Å². The molecule has 3 aromatic heterocycles. The van der Waals surface area contributed by atoms with Crippen LogP contribution in [0.5, 0.6) is 0 Å². The first-order valence-electron chi connectivity index (χ1n) is 10.2. The number of amides is 1. The zero-order chi connectivity index (χ0) is 22.3. The lowest BCUT2D eigenvalue weighted by Crippen LogP contribution is -2.32. The van der Waals surface area contributed by atoms with Crippen LogP contribution in [0.4, 0.5) is 0 Å². The van der Waals surface area contributed by atoms with Crippen molar-refractivity contribution in [1.29, 1.82) is 0 Å². The van der Waals surface area contributed by atoms with Crippen LogP contribution < -0.4 is 0 Å². The monoisotopic (exact) mass is 438 g/mol. The first-order chi connectivity index (χ1) is 14.8. The van der Waals surface area contributed by atoms with Crippen LogP contribution in [0.2, 0.25) is 0 Å². The molecule has 3 aromatic rings. The number of thiophene rings is 1. The van der Waals surface area contributed by atoms with Gasteiger partial charge in [0.05, 0.1) is 17.3 Å². The van der Waals surface area contributed by atoms with Gasteiger partial charge in [-0.1, -0.05) is 12.1 Å². The SMILES string of the molecule is Cc1nc2c(C)cccn2c1C(O)=C1C(=O)C(=O)N(CCCN(C)C)[C@@H]1c1cccs1. The highest BCUT2D eigenvalue weighted by molar-refractivity contribution is 7.10. The summed E-state index contributed by atoms with van der Waals surface area (Å²) in [7, 11) is 3.95. The van der Waals surface area contributed by atoms with Gasteiger partial charge in [-0.3, -0.25) is 14.0 Å². The van der Waals surface area contributed by atoms with Gasteiger partial charge in [0.15, 0.2) is 5.76 Å². The first kappa shape index (κ1) is 21.3. The second-order valence-electron chi connectivity index (χ2n) is 8.10. The summed E-state index contributed by atoms with van der Waals surface area (Å²) in [5.74, 6) is -1.40. The van der Waals surface area contributed by atoms with E-state index in [0.717, 1.165) is 29.1 Å². The van der Waals surface area contributed by atoms with Crippen molar-refractivity contribution in [3.63, 3.8) is 0 Å². The van der Waals surface area contributed by atoms with E-state index >= 15 is 0 Å². The quantitative estimate of drug-likeness (QED) is 0.363. The van der Waals surface area contributed by atoms with E-state index in [0.29, 0.717) is 17.9 Å². The molecular formula is C23H26N4O3S. The van der Waals surface area contributed by atoms with Gasteiger partial charge in [-0.2, -0.15) is 0 Å². The number of aryl methyl sites for hydroxylation is 2. The molecule has 8 heteroatoms. The van der Waals surface area contributed by atoms with E-state index in [-0.39, 0.29) is 11.3 Å². The molecule has 31 heavy (non-hydrogen) atoms. The minimum atomic E-state index is -0.650. The Kier molecular flexibility index (Phi) is 5.68. The van der Waals surface area contributed by atoms with E-state index in [1.807, 2.05) is 61.8 Å². The number of imidazole rings is 1. The van der Waals surface area contributed by atoms with E-state index in [1.165, 1.54) is 11.3 Å². The molecule has 1 aliphatic heterocycles. The number of nitrogens with zero attached hydrogens (tertiary/aromatic N) is 4. The van der Waals surface area contributed by atoms with Crippen LogP contribution in [0.15, 0.2) is 41.4 Å². The van der Waals surface area contributed by atoms with Gasteiger partial charge in [-0.25, -0.2) is 4.98 Å². The molecule has 7 nitrogen and oxygen atoms in total. The second-order valence-corrected chi connectivity index (χ2v) is 9.07. The highest BCUT2D eigenvalue weighted by atomic mass is 32.1. The molecule has 1 fully saturated rings. The van der Waals surface area contributed by atoms with Crippen molar-refractivity contribution in [1.82, 2.24) is 19.2 Å². The molecule has 1 N–H and O–H groups in total. The summed E-state index contributed by atoms with van der Waals surface area (Å²) in [6.45, 7) is 4.98. The largest absolute Gasteiger partial charge is 0.505 e. The topological polar surface area (TPSA) is 78.1 Å². The molecule has 0 aromatic carbocycles. The lowest BCUT2D eigenvalue weighted by Gasteiger charge is -2.24. The van der Waals surface area contributed by atoms with E-state index in [4.69, 9.17) is 0 Å². The van der Waals surface area contributed by atoms with Gasteiger partial charge in [0.2, 0.25) is 0 Å². The number of hydrogen-bond donors (Lipinski definition) is 1. The number of aliphatic hydroxyl groups is 1. The molecule has 1 aliphatic rings. The molecule has 0 saturated carbocycles. The normalized spacial score (nSPS) is 18.6. The summed E-state index contributed by atoms with van der Waals surface area (Å²) in [6.07, 6.45) is 2.54. The van der Waals surface area contributed by atoms with Crippen LogP contribution in [0.1, 0.15) is 34.3 Å². The standard InChI is InChI=1S/C23H26N4O3S/c1-14-8-5-11-26-18(15(2)24-22(14)26)20(28)17-19(16-9-6-13-31-16)27(23(30)21(17)29)12-7-10-25(3)4/h5-6,8-9,11,13,19,28H,7,10,12H2,1-4H3/t19-/m1/s1. The Morgan fingerprint density at radius 2 is 2.00 bits per heavy atom. The van der Waals surface area contributed by atoms with Crippen molar-refractivity contribution in [2.75, 3.05) is 27.2 Å². The summed E-state index contributed by atoms with van der Waals surface area (Å²) < 4.78 is 1.78. The third-order valence-corrected chi connectivity index (χ3v) is 6.53. The van der Waals surface area contributed by atoms with E-state index in [9.17, 15) is 14.7 Å². The number of pyridine rings is 1. The molecule has 1 saturated heterocycles. The summed E-state index contributed by atoms with van der Waals surface area (Å²) in [5.41, 5.74) is 2.86. The van der Waals surface area contributed by atoms with Crippen LogP contribution >= 0.6 is 11.3 Å². The molecule has 1 atom stereocenters. The average Bonchev–Trinajstić information content (AvgIpc) is 3.41. The molecule has 0 aliphatic carbocycles. The van der Waals surface area contributed by atoms with Gasteiger partial charge in [0, 0.05) is 17.6 Å². The van der Waals surface area contributed by atoms with E-state index in [2.05, 4.69) is 4.98 Å². The van der Waals surface area contributed by atoms with Crippen LogP contribution in [0.3, 0.4) is 0 Å². The summed E-state index contributed by atoms with van der Waals surface area (Å²) in [5, 5.41) is 13.3. The molecule has 4 rings (SSSR count). The lowest BCUT2D eigenvalue weighted by molar-refractivity contribution is -0.139. The zero-order valence-electron chi connectivity index (χ0n) is 18.1. The number of carbonyl (C=O) groups is 2. The first-order valence-corrected chi connectivity index (χ1v) is 11.1. The lowest BCUT2D eigenvalue weighted by atomic mass is 10.0. The van der Waals surface area contributed by atoms with Crippen molar-refractivity contribution in [3.8, 4) is 0 Å². The Balaban J connectivity index is 1.86. The molecule has 0 spiro atoms. The Morgan fingerprint density at radius 3 is 2.68 bits per heavy atom. The third-order valence-electron chi connectivity index (χ3n) is 5.60. The molecule has 1 amide bonds. The predicted molar refractivity (Wildman–Crippen MR) is 121 cm³/mol. The molecule has 0 unspecified atom stereocenters. The Bertz CT molecular complexity index is 1180. The average molecular weight is 439 g/mol. The van der Waals surface area contributed by atoms with Crippen LogP contribution in [0, 0.1) is 13.8 Å². The molecule has 4 heterocycles. The van der Waals surface area contributed by atoms with Gasteiger partial charge in [-0.15, -0.1) is 11.3 Å². The van der Waals surface area contributed by atoms with Gasteiger partial charge in [-0.05, 0) is 64.0 Å². The minimum Gasteiger partial charge on any atom is -0.505 e. The smallest absolute Gasteiger partial charge is 0.295 e. The molecule has 0 radical (unpaired) electrons. The number of aromatic nitrogens is 2. The Hall–Kier alpha value is -2.97. The highest BCUT2D eigenvalue weighted by Crippen LogP contribution is 2.41. The second kappa shape index (κ2) is 8.28. The highest BCUT2D eigenvalue weighted by Gasteiger charge is 2.46. The van der Waals surface area contributed by atoms with Gasteiger partial charge < -0.3 is 14.9 Å². The molecule has 162 valence electrons. The minimum absolute atomic E-state index is 0.128. The zero-order valence-corrected chi connectivity index (χ0v) is 18.9. The maximum absolute atomic E-state index is 13.1. The summed E-state index contributed by atoms with van der Waals surface area (Å²) in [4.78, 5) is 35.2. The fraction of sp³-hybridized carbons (Fsp3) is 0.348. The van der Waals surface area contributed by atoms with Crippen LogP contribution in [0.25, 0.3) is 11.4 Å². The number of carbonyl (C=O) groups excluding carboxylic acids is 2. The van der Waals surface area contributed by atoms with E-state index in [1.54, 1.807) is 16.2 Å². The number of ketones is 1. The summed E-state index contributed by atoms with van der Waals surface area (Å²) >= 11 is 1.47. The fourth-order valence-corrected chi connectivity index (χ4v) is 4.99. The van der Waals surface area contributed by atoms with Crippen molar-refractivity contribution < 1.29 is 14.7 Å². The number of fused-ring (bicyclic) bond motifs is 1. The van der Waals surface area contributed by atoms with Gasteiger partial charge in [0.25, 0.3) is 11.7 Å². The maximum Gasteiger partial charge on any atom is 0.295 e. The third kappa shape index (κ3) is 3.66. The van der Waals surface area contributed by atoms with Crippen LogP contribution in [-0.4, -0.2) is 63.2 Å². The Morgan fingerprint density at radius 1 is 1.23 bits per heavy atom. The van der Waals surface area contributed by atoms with Gasteiger partial charge >= 0.3 is 0 Å². The van der Waals surface area contributed by atoms with Crippen molar-refractivity contribution in [2.45, 2.75) is 26.3 Å². The predicted octanol–water partition coefficient (Wildman–Crippen LogP) is 3.39. The summed E-state index contributed by atoms with van der Waals surface area (Å²) in [6, 6.07) is 7.01. The number of Topliss-reactive ketones (excluding diaryl/α,β-unsaturated/α-hetero) is 1. The van der Waals surface area contributed by atoms with Crippen molar-refractivity contribution >= 4 is 34.4 Å². The number of aliphatic hydroxyl groups excluding tert-OH is 1. The Labute approximate surface area is 185 Å². The fourth-order valence-electron chi connectivity index (χ4n) is 4.14. The maximum atomic E-state index is 13.1. The van der Waals surface area contributed by atoms with E-state index < -0.39 is 17.7 Å². The van der Waals surface area contributed by atoms with Crippen LogP contribution in [-0.2, 0) is 9.59 Å². The molecule has 0 bridgehead atoms. The molecular weight excluding hydrogens is 412 g/mol. The number of hydrogen-bond acceptors (Lipinski definition) is 6. The van der Waals surface area contributed by atoms with Gasteiger partial charge in [0.1, 0.15) is 11.3 Å². The number of likely N-dealkylation sites (tertiary alicyclic amines) is 1. The number of rotatable bonds is 6.